The van der Waals surface area contributed by atoms with E-state index in [4.69, 9.17) is 9.84 Å². The SMILES string of the molecule is O=C(O)C1(C(F)(F)F)CCN(CCN2CCOCC2)C1. The molecular weight excluding hydrogens is 277 g/mol. The largest absolute Gasteiger partial charge is 0.481 e. The first kappa shape index (κ1) is 15.5. The van der Waals surface area contributed by atoms with E-state index in [0.717, 1.165) is 13.1 Å². The summed E-state index contributed by atoms with van der Waals surface area (Å²) in [5.74, 6) is -1.76. The third-order valence-electron chi connectivity index (χ3n) is 4.14. The van der Waals surface area contributed by atoms with Crippen molar-refractivity contribution in [2.45, 2.75) is 12.6 Å². The second kappa shape index (κ2) is 5.87. The smallest absolute Gasteiger partial charge is 0.406 e. The van der Waals surface area contributed by atoms with E-state index in [2.05, 4.69) is 4.90 Å². The number of nitrogens with zero attached hydrogens (tertiary/aromatic N) is 2. The van der Waals surface area contributed by atoms with Crippen LogP contribution in [0.25, 0.3) is 0 Å². The van der Waals surface area contributed by atoms with Crippen molar-refractivity contribution in [2.24, 2.45) is 5.41 Å². The number of carboxylic acid groups (broad SMARTS) is 1. The number of halogens is 3. The van der Waals surface area contributed by atoms with Gasteiger partial charge in [-0.3, -0.25) is 9.69 Å². The second-order valence-electron chi connectivity index (χ2n) is 5.37. The van der Waals surface area contributed by atoms with Crippen molar-refractivity contribution in [3.8, 4) is 0 Å². The summed E-state index contributed by atoms with van der Waals surface area (Å²) in [5, 5.41) is 8.96. The van der Waals surface area contributed by atoms with Crippen LogP contribution in [0.4, 0.5) is 13.2 Å². The number of carboxylic acids is 1. The van der Waals surface area contributed by atoms with Crippen molar-refractivity contribution in [1.29, 1.82) is 0 Å². The third kappa shape index (κ3) is 3.07. The van der Waals surface area contributed by atoms with Crippen LogP contribution in [0, 0.1) is 5.41 Å². The van der Waals surface area contributed by atoms with E-state index in [1.807, 2.05) is 0 Å². The van der Waals surface area contributed by atoms with Gasteiger partial charge in [0.05, 0.1) is 13.2 Å². The molecule has 20 heavy (non-hydrogen) atoms. The van der Waals surface area contributed by atoms with Crippen LogP contribution in [0.15, 0.2) is 0 Å². The monoisotopic (exact) mass is 296 g/mol. The maximum atomic E-state index is 13.0. The summed E-state index contributed by atoms with van der Waals surface area (Å²) in [5.41, 5.74) is -2.60. The summed E-state index contributed by atoms with van der Waals surface area (Å²) in [6, 6.07) is 0. The molecule has 0 radical (unpaired) electrons. The average Bonchev–Trinajstić information content (AvgIpc) is 2.83. The Kier molecular flexibility index (Phi) is 4.55. The molecule has 0 bridgehead atoms. The number of ether oxygens (including phenoxy) is 1. The summed E-state index contributed by atoms with van der Waals surface area (Å²) < 4.78 is 44.2. The summed E-state index contributed by atoms with van der Waals surface area (Å²) in [7, 11) is 0. The summed E-state index contributed by atoms with van der Waals surface area (Å²) >= 11 is 0. The Bertz CT molecular complexity index is 358. The molecule has 0 saturated carbocycles. The normalized spacial score (nSPS) is 29.8. The van der Waals surface area contributed by atoms with Crippen molar-refractivity contribution in [3.63, 3.8) is 0 Å². The fourth-order valence-electron chi connectivity index (χ4n) is 2.71. The second-order valence-corrected chi connectivity index (χ2v) is 5.37. The Morgan fingerprint density at radius 3 is 2.25 bits per heavy atom. The minimum Gasteiger partial charge on any atom is -0.481 e. The van der Waals surface area contributed by atoms with Gasteiger partial charge in [0.25, 0.3) is 0 Å². The molecule has 2 aliphatic heterocycles. The Morgan fingerprint density at radius 2 is 1.75 bits per heavy atom. The molecule has 5 nitrogen and oxygen atoms in total. The molecule has 0 spiro atoms. The lowest BCUT2D eigenvalue weighted by Gasteiger charge is -2.30. The molecule has 2 rings (SSSR count). The fraction of sp³-hybridized carbons (Fsp3) is 0.917. The zero-order chi connectivity index (χ0) is 14.8. The fourth-order valence-corrected chi connectivity index (χ4v) is 2.71. The highest BCUT2D eigenvalue weighted by molar-refractivity contribution is 5.76. The van der Waals surface area contributed by atoms with Crippen LogP contribution in [0.1, 0.15) is 6.42 Å². The highest BCUT2D eigenvalue weighted by Crippen LogP contribution is 2.45. The molecule has 2 aliphatic rings. The van der Waals surface area contributed by atoms with E-state index < -0.39 is 24.1 Å². The Hall–Kier alpha value is -0.860. The summed E-state index contributed by atoms with van der Waals surface area (Å²) in [4.78, 5) is 14.8. The highest BCUT2D eigenvalue weighted by Gasteiger charge is 2.63. The maximum absolute atomic E-state index is 13.0. The zero-order valence-electron chi connectivity index (χ0n) is 11.2. The van der Waals surface area contributed by atoms with Gasteiger partial charge in [-0.25, -0.2) is 0 Å². The van der Waals surface area contributed by atoms with Gasteiger partial charge in [-0.2, -0.15) is 13.2 Å². The van der Waals surface area contributed by atoms with E-state index in [1.54, 1.807) is 4.90 Å². The van der Waals surface area contributed by atoms with Crippen LogP contribution < -0.4 is 0 Å². The lowest BCUT2D eigenvalue weighted by molar-refractivity contribution is -0.227. The van der Waals surface area contributed by atoms with E-state index in [0.29, 0.717) is 26.3 Å². The molecule has 2 fully saturated rings. The Balaban J connectivity index is 1.88. The molecule has 8 heteroatoms. The van der Waals surface area contributed by atoms with Crippen LogP contribution in [-0.4, -0.2) is 79.5 Å². The lowest BCUT2D eigenvalue weighted by atomic mass is 9.86. The van der Waals surface area contributed by atoms with Crippen molar-refractivity contribution < 1.29 is 27.8 Å². The van der Waals surface area contributed by atoms with Gasteiger partial charge in [0.1, 0.15) is 0 Å². The number of hydrogen-bond donors (Lipinski definition) is 1. The molecular formula is C12H19F3N2O3. The van der Waals surface area contributed by atoms with E-state index >= 15 is 0 Å². The standard InChI is InChI=1S/C12H19F3N2O3/c13-12(14,15)11(10(18)19)1-2-17(9-11)4-3-16-5-7-20-8-6-16/h1-9H2,(H,18,19). The van der Waals surface area contributed by atoms with Gasteiger partial charge in [0, 0.05) is 32.7 Å². The molecule has 1 N–H and O–H groups in total. The van der Waals surface area contributed by atoms with Crippen LogP contribution in [-0.2, 0) is 9.53 Å². The predicted molar refractivity (Wildman–Crippen MR) is 64.4 cm³/mol. The molecule has 2 saturated heterocycles. The minimum atomic E-state index is -4.70. The predicted octanol–water partition coefficient (Wildman–Crippen LogP) is 0.658. The van der Waals surface area contributed by atoms with Crippen molar-refractivity contribution in [1.82, 2.24) is 9.80 Å². The molecule has 1 unspecified atom stereocenters. The first-order valence-electron chi connectivity index (χ1n) is 6.68. The molecule has 116 valence electrons. The van der Waals surface area contributed by atoms with Gasteiger partial charge >= 0.3 is 12.1 Å². The Labute approximate surface area is 115 Å². The van der Waals surface area contributed by atoms with Gasteiger partial charge in [-0.05, 0) is 13.0 Å². The summed E-state index contributed by atoms with van der Waals surface area (Å²) in [6.45, 7) is 3.67. The summed E-state index contributed by atoms with van der Waals surface area (Å²) in [6.07, 6.45) is -5.07. The highest BCUT2D eigenvalue weighted by atomic mass is 19.4. The third-order valence-corrected chi connectivity index (χ3v) is 4.14. The van der Waals surface area contributed by atoms with Crippen LogP contribution in [0.3, 0.4) is 0 Å². The average molecular weight is 296 g/mol. The molecule has 0 aliphatic carbocycles. The molecule has 2 heterocycles. The molecule has 0 aromatic rings. The van der Waals surface area contributed by atoms with Gasteiger partial charge in [0.2, 0.25) is 0 Å². The van der Waals surface area contributed by atoms with Crippen LogP contribution >= 0.6 is 0 Å². The lowest BCUT2D eigenvalue weighted by Crippen LogP contribution is -2.48. The molecule has 1 atom stereocenters. The van der Waals surface area contributed by atoms with E-state index in [1.165, 1.54) is 0 Å². The van der Waals surface area contributed by atoms with Crippen molar-refractivity contribution in [2.75, 3.05) is 52.5 Å². The number of morpholine rings is 1. The molecule has 0 aromatic carbocycles. The van der Waals surface area contributed by atoms with Crippen LogP contribution in [0.2, 0.25) is 0 Å². The number of aliphatic carboxylic acids is 1. The van der Waals surface area contributed by atoms with Crippen molar-refractivity contribution >= 4 is 5.97 Å². The minimum absolute atomic E-state index is 0.177. The maximum Gasteiger partial charge on any atom is 0.406 e. The van der Waals surface area contributed by atoms with Crippen molar-refractivity contribution in [3.05, 3.63) is 0 Å². The number of likely N-dealkylation sites (tertiary alicyclic amines) is 1. The molecule has 0 aromatic heterocycles. The van der Waals surface area contributed by atoms with Gasteiger partial charge in [0.15, 0.2) is 5.41 Å². The first-order valence-corrected chi connectivity index (χ1v) is 6.68. The number of rotatable bonds is 4. The van der Waals surface area contributed by atoms with Gasteiger partial charge < -0.3 is 14.7 Å². The number of carbonyl (C=O) groups is 1. The van der Waals surface area contributed by atoms with Gasteiger partial charge in [-0.15, -0.1) is 0 Å². The van der Waals surface area contributed by atoms with E-state index in [9.17, 15) is 18.0 Å². The molecule has 0 amide bonds. The zero-order valence-corrected chi connectivity index (χ0v) is 11.2. The van der Waals surface area contributed by atoms with Gasteiger partial charge in [-0.1, -0.05) is 0 Å². The van der Waals surface area contributed by atoms with E-state index in [-0.39, 0.29) is 13.0 Å². The number of hydrogen-bond acceptors (Lipinski definition) is 4. The van der Waals surface area contributed by atoms with Crippen LogP contribution in [0.5, 0.6) is 0 Å². The topological polar surface area (TPSA) is 53.0 Å². The number of alkyl halides is 3. The Morgan fingerprint density at radius 1 is 1.15 bits per heavy atom. The first-order chi connectivity index (χ1) is 9.35. The quantitative estimate of drug-likeness (QED) is 0.826.